The third kappa shape index (κ3) is 6.95. The molecule has 0 aliphatic carbocycles. The van der Waals surface area contributed by atoms with Gasteiger partial charge in [0.2, 0.25) is 0 Å². The average molecular weight is 392 g/mol. The molecule has 28 heavy (non-hydrogen) atoms. The Balaban J connectivity index is 0. The Kier molecular flexibility index (Phi) is 11.3. The van der Waals surface area contributed by atoms with Gasteiger partial charge in [-0.2, -0.15) is 0 Å². The first kappa shape index (κ1) is 27.2. The maximum absolute atomic E-state index is 10.7. The number of aromatic hydroxyl groups is 2. The Hall–Kier alpha value is -3.02. The molecule has 0 saturated carbocycles. The molecule has 0 aromatic heterocycles. The lowest BCUT2D eigenvalue weighted by Crippen LogP contribution is -2.12. The molecule has 0 aliphatic rings. The van der Waals surface area contributed by atoms with Crippen molar-refractivity contribution in [3.05, 3.63) is 47.0 Å². The smallest absolute Gasteiger partial charge is 0.153 e. The number of phenols is 2. The summed E-state index contributed by atoms with van der Waals surface area (Å²) in [6, 6.07) is 7.50. The zero-order valence-electron chi connectivity index (χ0n) is 15.6. The van der Waals surface area contributed by atoms with Crippen LogP contribution in [0.4, 0.5) is 0 Å². The highest BCUT2D eigenvalue weighted by molar-refractivity contribution is 5.81. The minimum atomic E-state index is -0.182. The van der Waals surface area contributed by atoms with E-state index in [2.05, 4.69) is 0 Å². The molecule has 2 N–H and O–H groups in total. The fourth-order valence-electron chi connectivity index (χ4n) is 2.27. The Morgan fingerprint density at radius 1 is 0.821 bits per heavy atom. The Labute approximate surface area is 167 Å². The first-order chi connectivity index (χ1) is 12.2. The van der Waals surface area contributed by atoms with E-state index in [9.17, 15) is 14.7 Å². The van der Waals surface area contributed by atoms with Crippen LogP contribution in [0.1, 0.15) is 61.9 Å². The summed E-state index contributed by atoms with van der Waals surface area (Å²) in [5.74, 6) is 1.16. The van der Waals surface area contributed by atoms with E-state index < -0.39 is 0 Å². The maximum atomic E-state index is 10.7. The van der Waals surface area contributed by atoms with Crippen molar-refractivity contribution in [1.82, 2.24) is 0 Å². The van der Waals surface area contributed by atoms with Crippen molar-refractivity contribution in [2.45, 2.75) is 41.0 Å². The van der Waals surface area contributed by atoms with Crippen LogP contribution in [-0.2, 0) is 5.41 Å². The summed E-state index contributed by atoms with van der Waals surface area (Å²) in [7, 11) is 2.98. The highest BCUT2D eigenvalue weighted by atomic mass is 16.5. The standard InChI is InChI=1S/C12H16O3.C8H8O3.2CH4/c1-12(2,3)9-6-11(15-4)8(7-13)5-10(9)14;1-11-8-3-2-7(10)4-6(8)5-9;;/h5-7,14H,1-4H3;2-5,10H,1H3;2*1H4. The molecule has 0 heterocycles. The van der Waals surface area contributed by atoms with Crippen LogP contribution in [0, 0.1) is 0 Å². The van der Waals surface area contributed by atoms with Gasteiger partial charge in [0.05, 0.1) is 25.3 Å². The molecule has 0 aliphatic heterocycles. The van der Waals surface area contributed by atoms with E-state index in [4.69, 9.17) is 14.6 Å². The average Bonchev–Trinajstić information content (AvgIpc) is 2.60. The molecule has 6 heteroatoms. The van der Waals surface area contributed by atoms with Gasteiger partial charge in [-0.1, -0.05) is 35.6 Å². The maximum Gasteiger partial charge on any atom is 0.153 e. The predicted octanol–water partition coefficient (Wildman–Crippen LogP) is 5.00. The van der Waals surface area contributed by atoms with Crippen molar-refractivity contribution in [2.75, 3.05) is 14.2 Å². The fraction of sp³-hybridized carbons (Fsp3) is 0.364. The molecular formula is C22H32O6. The molecule has 0 amide bonds. The minimum absolute atomic E-state index is 0. The lowest BCUT2D eigenvalue weighted by atomic mass is 9.85. The number of methoxy groups -OCH3 is 2. The topological polar surface area (TPSA) is 93.1 Å². The van der Waals surface area contributed by atoms with Gasteiger partial charge < -0.3 is 19.7 Å². The summed E-state index contributed by atoms with van der Waals surface area (Å²) in [5.41, 5.74) is 1.30. The summed E-state index contributed by atoms with van der Waals surface area (Å²) in [5, 5.41) is 18.7. The third-order valence-corrected chi connectivity index (χ3v) is 3.62. The predicted molar refractivity (Wildman–Crippen MR) is 112 cm³/mol. The second-order valence-electron chi connectivity index (χ2n) is 6.52. The summed E-state index contributed by atoms with van der Waals surface area (Å²) < 4.78 is 9.93. The van der Waals surface area contributed by atoms with Crippen molar-refractivity contribution in [2.24, 2.45) is 0 Å². The van der Waals surface area contributed by atoms with E-state index in [1.54, 1.807) is 12.1 Å². The molecule has 2 aromatic carbocycles. The highest BCUT2D eigenvalue weighted by Crippen LogP contribution is 2.35. The summed E-state index contributed by atoms with van der Waals surface area (Å²) in [4.78, 5) is 21.1. The van der Waals surface area contributed by atoms with Crippen LogP contribution in [0.15, 0.2) is 30.3 Å². The van der Waals surface area contributed by atoms with E-state index in [-0.39, 0.29) is 31.8 Å². The molecule has 2 aromatic rings. The summed E-state index contributed by atoms with van der Waals surface area (Å²) in [6.07, 6.45) is 1.31. The zero-order valence-corrected chi connectivity index (χ0v) is 15.6. The zero-order chi connectivity index (χ0) is 19.9. The first-order valence-electron chi connectivity index (χ1n) is 7.86. The monoisotopic (exact) mass is 392 g/mol. The van der Waals surface area contributed by atoms with Crippen LogP contribution in [0.5, 0.6) is 23.0 Å². The van der Waals surface area contributed by atoms with Gasteiger partial charge in [0.25, 0.3) is 0 Å². The summed E-state index contributed by atoms with van der Waals surface area (Å²) in [6.45, 7) is 5.96. The summed E-state index contributed by atoms with van der Waals surface area (Å²) >= 11 is 0. The van der Waals surface area contributed by atoms with Gasteiger partial charge >= 0.3 is 0 Å². The number of hydrogen-bond donors (Lipinski definition) is 2. The Bertz CT molecular complexity index is 775. The van der Waals surface area contributed by atoms with Crippen LogP contribution in [0.25, 0.3) is 0 Å². The molecule has 2 rings (SSSR count). The van der Waals surface area contributed by atoms with Gasteiger partial charge in [0.1, 0.15) is 23.0 Å². The molecule has 156 valence electrons. The number of hydrogen-bond acceptors (Lipinski definition) is 6. The highest BCUT2D eigenvalue weighted by Gasteiger charge is 2.20. The van der Waals surface area contributed by atoms with Crippen molar-refractivity contribution >= 4 is 12.6 Å². The van der Waals surface area contributed by atoms with Crippen LogP contribution in [-0.4, -0.2) is 37.0 Å². The molecule has 0 spiro atoms. The number of benzene rings is 2. The van der Waals surface area contributed by atoms with Gasteiger partial charge in [0, 0.05) is 5.56 Å². The molecule has 0 saturated heterocycles. The minimum Gasteiger partial charge on any atom is -0.508 e. The second-order valence-corrected chi connectivity index (χ2v) is 6.52. The first-order valence-corrected chi connectivity index (χ1v) is 7.86. The number of carbonyl (C=O) groups excluding carboxylic acids is 2. The van der Waals surface area contributed by atoms with E-state index in [0.717, 1.165) is 5.56 Å². The van der Waals surface area contributed by atoms with Gasteiger partial charge in [-0.05, 0) is 35.7 Å². The van der Waals surface area contributed by atoms with Gasteiger partial charge in [-0.25, -0.2) is 0 Å². The van der Waals surface area contributed by atoms with Crippen molar-refractivity contribution in [1.29, 1.82) is 0 Å². The molecule has 0 atom stereocenters. The van der Waals surface area contributed by atoms with Crippen LogP contribution < -0.4 is 9.47 Å². The normalized spacial score (nSPS) is 9.61. The van der Waals surface area contributed by atoms with E-state index in [0.29, 0.717) is 35.2 Å². The largest absolute Gasteiger partial charge is 0.508 e. The number of aldehydes is 2. The van der Waals surface area contributed by atoms with Crippen molar-refractivity contribution in [3.8, 4) is 23.0 Å². The number of carbonyl (C=O) groups is 2. The number of phenolic OH excluding ortho intramolecular Hbond substituents is 2. The van der Waals surface area contributed by atoms with Crippen molar-refractivity contribution in [3.63, 3.8) is 0 Å². The second kappa shape index (κ2) is 11.6. The SMILES string of the molecule is C.C.COc1cc(C(C)(C)C)c(O)cc1C=O.COc1ccc(O)cc1C=O. The Morgan fingerprint density at radius 3 is 1.75 bits per heavy atom. The van der Waals surface area contributed by atoms with E-state index >= 15 is 0 Å². The van der Waals surface area contributed by atoms with Gasteiger partial charge in [-0.3, -0.25) is 9.59 Å². The third-order valence-electron chi connectivity index (χ3n) is 3.62. The van der Waals surface area contributed by atoms with Crippen LogP contribution in [0.3, 0.4) is 0 Å². The van der Waals surface area contributed by atoms with E-state index in [1.165, 1.54) is 32.4 Å². The molecule has 0 fully saturated rings. The molecular weight excluding hydrogens is 360 g/mol. The van der Waals surface area contributed by atoms with Gasteiger partial charge in [-0.15, -0.1) is 0 Å². The lowest BCUT2D eigenvalue weighted by molar-refractivity contribution is 0.111. The number of rotatable bonds is 4. The molecule has 6 nitrogen and oxygen atoms in total. The van der Waals surface area contributed by atoms with Crippen LogP contribution >= 0.6 is 0 Å². The van der Waals surface area contributed by atoms with Gasteiger partial charge in [0.15, 0.2) is 12.6 Å². The lowest BCUT2D eigenvalue weighted by Gasteiger charge is -2.21. The molecule has 0 radical (unpaired) electrons. The molecule has 0 unspecified atom stereocenters. The quantitative estimate of drug-likeness (QED) is 0.712. The van der Waals surface area contributed by atoms with Crippen LogP contribution in [0.2, 0.25) is 0 Å². The van der Waals surface area contributed by atoms with Crippen molar-refractivity contribution < 1.29 is 29.3 Å². The number of ether oxygens (including phenoxy) is 2. The van der Waals surface area contributed by atoms with E-state index in [1.807, 2.05) is 20.8 Å². The Morgan fingerprint density at radius 2 is 1.32 bits per heavy atom. The fourth-order valence-corrected chi connectivity index (χ4v) is 2.27. The molecule has 0 bridgehead atoms.